The van der Waals surface area contributed by atoms with E-state index in [-0.39, 0.29) is 0 Å². The van der Waals surface area contributed by atoms with Crippen LogP contribution in [0, 0.1) is 0 Å². The van der Waals surface area contributed by atoms with Gasteiger partial charge in [0.2, 0.25) is 0 Å². The zero-order valence-electron chi connectivity index (χ0n) is 29.5. The molecule has 0 amide bonds. The maximum absolute atomic E-state index is 2.42. The van der Waals surface area contributed by atoms with Crippen molar-refractivity contribution >= 4 is 54.4 Å². The van der Waals surface area contributed by atoms with Crippen molar-refractivity contribution in [2.75, 3.05) is 0 Å². The van der Waals surface area contributed by atoms with Crippen LogP contribution in [0.3, 0.4) is 0 Å². The van der Waals surface area contributed by atoms with Crippen LogP contribution in [0.4, 0.5) is 0 Å². The standard InChI is InChI=1S/C52H34N2/c1-3-12-35(13-4-1)37-16-11-17-43(31-37)53-49-20-9-7-18-45(49)47-33-41(25-28-51(47)53)42-26-29-52-48(34-42)46-19-8-10-21-50(46)54(52)44-27-24-39-30-38(22-23-40(39)32-44)36-14-5-2-6-15-36/h1-34H. The monoisotopic (exact) mass is 686 g/mol. The highest BCUT2D eigenvalue weighted by Crippen LogP contribution is 2.39. The summed E-state index contributed by atoms with van der Waals surface area (Å²) in [6, 6.07) is 75.2. The van der Waals surface area contributed by atoms with Crippen LogP contribution in [-0.2, 0) is 0 Å². The zero-order valence-corrected chi connectivity index (χ0v) is 29.5. The normalized spacial score (nSPS) is 11.7. The van der Waals surface area contributed by atoms with E-state index in [2.05, 4.69) is 215 Å². The Morgan fingerprint density at radius 1 is 0.222 bits per heavy atom. The molecule has 0 atom stereocenters. The van der Waals surface area contributed by atoms with Crippen molar-refractivity contribution in [1.82, 2.24) is 9.13 Å². The van der Waals surface area contributed by atoms with E-state index >= 15 is 0 Å². The number of aromatic nitrogens is 2. The Labute approximate surface area is 313 Å². The Bertz CT molecular complexity index is 3200. The Kier molecular flexibility index (Phi) is 6.90. The fourth-order valence-electron chi connectivity index (χ4n) is 8.50. The molecule has 0 aliphatic rings. The molecule has 9 aromatic carbocycles. The number of benzene rings is 9. The van der Waals surface area contributed by atoms with Crippen molar-refractivity contribution in [1.29, 1.82) is 0 Å². The van der Waals surface area contributed by atoms with Crippen LogP contribution in [0.2, 0.25) is 0 Å². The molecule has 0 bridgehead atoms. The van der Waals surface area contributed by atoms with Gasteiger partial charge in [0.1, 0.15) is 0 Å². The maximum atomic E-state index is 2.42. The lowest BCUT2D eigenvalue weighted by molar-refractivity contribution is 1.18. The van der Waals surface area contributed by atoms with Gasteiger partial charge in [0, 0.05) is 32.9 Å². The van der Waals surface area contributed by atoms with Gasteiger partial charge in [-0.3, -0.25) is 0 Å². The molecule has 2 aromatic heterocycles. The average Bonchev–Trinajstić information content (AvgIpc) is 3.76. The van der Waals surface area contributed by atoms with Gasteiger partial charge in [-0.15, -0.1) is 0 Å². The smallest absolute Gasteiger partial charge is 0.0541 e. The van der Waals surface area contributed by atoms with E-state index in [1.54, 1.807) is 0 Å². The molecule has 2 nitrogen and oxygen atoms in total. The third-order valence-electron chi connectivity index (χ3n) is 11.1. The van der Waals surface area contributed by atoms with Gasteiger partial charge in [-0.2, -0.15) is 0 Å². The summed E-state index contributed by atoms with van der Waals surface area (Å²) in [7, 11) is 0. The lowest BCUT2D eigenvalue weighted by Gasteiger charge is -2.11. The van der Waals surface area contributed by atoms with Gasteiger partial charge in [-0.1, -0.05) is 140 Å². The van der Waals surface area contributed by atoms with E-state index in [0.717, 1.165) is 5.69 Å². The highest BCUT2D eigenvalue weighted by Gasteiger charge is 2.17. The maximum Gasteiger partial charge on any atom is 0.0541 e. The SMILES string of the molecule is c1ccc(-c2cccc(-n3c4ccccc4c4cc(-c5ccc6c(c5)c5ccccc5n6-c5ccc6cc(-c7ccccc7)ccc6c5)ccc43)c2)cc1. The molecule has 0 spiro atoms. The molecule has 0 radical (unpaired) electrons. The van der Waals surface area contributed by atoms with Gasteiger partial charge in [-0.25, -0.2) is 0 Å². The predicted molar refractivity (Wildman–Crippen MR) is 229 cm³/mol. The zero-order chi connectivity index (χ0) is 35.6. The molecule has 0 saturated heterocycles. The van der Waals surface area contributed by atoms with Crippen LogP contribution in [0.1, 0.15) is 0 Å². The summed E-state index contributed by atoms with van der Waals surface area (Å²) in [5.41, 5.74) is 14.5. The van der Waals surface area contributed by atoms with Gasteiger partial charge in [0.15, 0.2) is 0 Å². The van der Waals surface area contributed by atoms with Crippen molar-refractivity contribution in [2.45, 2.75) is 0 Å². The second-order valence-electron chi connectivity index (χ2n) is 14.2. The summed E-state index contributed by atoms with van der Waals surface area (Å²) in [4.78, 5) is 0. The lowest BCUT2D eigenvalue weighted by Crippen LogP contribution is -1.94. The van der Waals surface area contributed by atoms with E-state index in [1.165, 1.54) is 93.5 Å². The Balaban J connectivity index is 1.03. The summed E-state index contributed by atoms with van der Waals surface area (Å²) >= 11 is 0. The highest BCUT2D eigenvalue weighted by molar-refractivity contribution is 6.13. The summed E-state index contributed by atoms with van der Waals surface area (Å²) in [6.45, 7) is 0. The van der Waals surface area contributed by atoms with E-state index in [0.29, 0.717) is 0 Å². The van der Waals surface area contributed by atoms with E-state index in [4.69, 9.17) is 0 Å². The molecule has 54 heavy (non-hydrogen) atoms. The molecule has 11 rings (SSSR count). The second kappa shape index (κ2) is 12.2. The fourth-order valence-corrected chi connectivity index (χ4v) is 8.50. The second-order valence-corrected chi connectivity index (χ2v) is 14.2. The Hall–Kier alpha value is -7.16. The van der Waals surface area contributed by atoms with Crippen molar-refractivity contribution in [2.24, 2.45) is 0 Å². The molecule has 0 aliphatic heterocycles. The summed E-state index contributed by atoms with van der Waals surface area (Å²) in [5, 5.41) is 7.48. The molecule has 0 fully saturated rings. The van der Waals surface area contributed by atoms with Crippen LogP contribution in [0.15, 0.2) is 206 Å². The summed E-state index contributed by atoms with van der Waals surface area (Å²) < 4.78 is 4.82. The van der Waals surface area contributed by atoms with Crippen LogP contribution in [-0.4, -0.2) is 9.13 Å². The van der Waals surface area contributed by atoms with Gasteiger partial charge in [0.25, 0.3) is 0 Å². The van der Waals surface area contributed by atoms with E-state index in [1.807, 2.05) is 0 Å². The van der Waals surface area contributed by atoms with Gasteiger partial charge in [-0.05, 0) is 111 Å². The van der Waals surface area contributed by atoms with Crippen molar-refractivity contribution < 1.29 is 0 Å². The highest BCUT2D eigenvalue weighted by atomic mass is 15.0. The number of hydrogen-bond donors (Lipinski definition) is 0. The largest absolute Gasteiger partial charge is 0.309 e. The topological polar surface area (TPSA) is 9.86 Å². The van der Waals surface area contributed by atoms with Crippen LogP contribution >= 0.6 is 0 Å². The van der Waals surface area contributed by atoms with Crippen molar-refractivity contribution in [3.8, 4) is 44.8 Å². The molecule has 2 heterocycles. The Morgan fingerprint density at radius 3 is 1.26 bits per heavy atom. The third kappa shape index (κ3) is 4.88. The van der Waals surface area contributed by atoms with E-state index < -0.39 is 0 Å². The van der Waals surface area contributed by atoms with Crippen LogP contribution in [0.5, 0.6) is 0 Å². The average molecular weight is 687 g/mol. The number of nitrogens with zero attached hydrogens (tertiary/aromatic N) is 2. The van der Waals surface area contributed by atoms with Crippen LogP contribution in [0.25, 0.3) is 99.1 Å². The first-order valence-electron chi connectivity index (χ1n) is 18.6. The third-order valence-corrected chi connectivity index (χ3v) is 11.1. The minimum absolute atomic E-state index is 1.16. The molecular formula is C52H34N2. The number of fused-ring (bicyclic) bond motifs is 7. The minimum atomic E-state index is 1.16. The molecule has 0 N–H and O–H groups in total. The minimum Gasteiger partial charge on any atom is -0.309 e. The van der Waals surface area contributed by atoms with Crippen molar-refractivity contribution in [3.63, 3.8) is 0 Å². The lowest BCUT2D eigenvalue weighted by atomic mass is 10.0. The number of para-hydroxylation sites is 2. The predicted octanol–water partition coefficient (Wildman–Crippen LogP) is 14.0. The first-order valence-corrected chi connectivity index (χ1v) is 18.6. The Morgan fingerprint density at radius 2 is 0.648 bits per heavy atom. The van der Waals surface area contributed by atoms with Gasteiger partial charge in [0.05, 0.1) is 22.1 Å². The number of rotatable bonds is 5. The van der Waals surface area contributed by atoms with Gasteiger partial charge < -0.3 is 9.13 Å². The molecule has 252 valence electrons. The molecule has 0 unspecified atom stereocenters. The number of hydrogen-bond acceptors (Lipinski definition) is 0. The molecule has 11 aromatic rings. The molecule has 0 saturated carbocycles. The van der Waals surface area contributed by atoms with Gasteiger partial charge >= 0.3 is 0 Å². The first kappa shape index (κ1) is 30.5. The van der Waals surface area contributed by atoms with Crippen LogP contribution < -0.4 is 0 Å². The van der Waals surface area contributed by atoms with E-state index in [9.17, 15) is 0 Å². The quantitative estimate of drug-likeness (QED) is 0.171. The fraction of sp³-hybridized carbons (Fsp3) is 0. The van der Waals surface area contributed by atoms with Crippen molar-refractivity contribution in [3.05, 3.63) is 206 Å². The molecule has 2 heteroatoms. The first-order chi connectivity index (χ1) is 26.8. The molecular weight excluding hydrogens is 653 g/mol. The molecule has 0 aliphatic carbocycles. The summed E-state index contributed by atoms with van der Waals surface area (Å²) in [6.07, 6.45) is 0. The summed E-state index contributed by atoms with van der Waals surface area (Å²) in [5.74, 6) is 0.